The second kappa shape index (κ2) is 7.56. The summed E-state index contributed by atoms with van der Waals surface area (Å²) < 4.78 is 0. The zero-order valence-electron chi connectivity index (χ0n) is 8.77. The molecule has 0 fully saturated rings. The van der Waals surface area contributed by atoms with Crippen LogP contribution in [0.1, 0.15) is 33.1 Å². The average molecular weight is 172 g/mol. The molecule has 2 heteroatoms. The molecular formula is C10H24N2. The molecule has 0 saturated heterocycles. The SMILES string of the molecule is CCC(CCCN)C(C)CNC. The Hall–Kier alpha value is -0.0800. The molecule has 0 heterocycles. The normalized spacial score (nSPS) is 16.0. The summed E-state index contributed by atoms with van der Waals surface area (Å²) in [5, 5.41) is 3.23. The molecule has 0 aromatic carbocycles. The van der Waals surface area contributed by atoms with Crippen LogP contribution in [-0.2, 0) is 0 Å². The van der Waals surface area contributed by atoms with Crippen molar-refractivity contribution in [2.24, 2.45) is 17.6 Å². The molecule has 0 radical (unpaired) electrons. The van der Waals surface area contributed by atoms with E-state index in [1.165, 1.54) is 19.3 Å². The monoisotopic (exact) mass is 172 g/mol. The van der Waals surface area contributed by atoms with E-state index in [4.69, 9.17) is 5.73 Å². The third-order valence-corrected chi connectivity index (χ3v) is 2.63. The first-order chi connectivity index (χ1) is 5.76. The molecule has 0 bridgehead atoms. The summed E-state index contributed by atoms with van der Waals surface area (Å²) in [6.45, 7) is 6.56. The summed E-state index contributed by atoms with van der Waals surface area (Å²) in [6.07, 6.45) is 3.74. The Labute approximate surface area is 76.9 Å². The molecule has 0 aromatic rings. The minimum absolute atomic E-state index is 0.784. The van der Waals surface area contributed by atoms with Gasteiger partial charge in [0.2, 0.25) is 0 Å². The highest BCUT2D eigenvalue weighted by Gasteiger charge is 2.13. The third kappa shape index (κ3) is 4.73. The Morgan fingerprint density at radius 1 is 1.42 bits per heavy atom. The Bertz CT molecular complexity index is 93.8. The maximum Gasteiger partial charge on any atom is -0.00235 e. The molecule has 0 amide bonds. The molecular weight excluding hydrogens is 148 g/mol. The number of nitrogens with two attached hydrogens (primary N) is 1. The van der Waals surface area contributed by atoms with Gasteiger partial charge >= 0.3 is 0 Å². The van der Waals surface area contributed by atoms with E-state index in [1.807, 2.05) is 7.05 Å². The van der Waals surface area contributed by atoms with Crippen LogP contribution < -0.4 is 11.1 Å². The smallest absolute Gasteiger partial charge is 0.00235 e. The first-order valence-electron chi connectivity index (χ1n) is 5.10. The predicted molar refractivity (Wildman–Crippen MR) is 55.2 cm³/mol. The van der Waals surface area contributed by atoms with Crippen LogP contribution in [0.3, 0.4) is 0 Å². The van der Waals surface area contributed by atoms with Crippen LogP contribution >= 0.6 is 0 Å². The van der Waals surface area contributed by atoms with Gasteiger partial charge in [0.15, 0.2) is 0 Å². The molecule has 0 rings (SSSR count). The van der Waals surface area contributed by atoms with Crippen LogP contribution in [0.5, 0.6) is 0 Å². The summed E-state index contributed by atoms with van der Waals surface area (Å²) in [4.78, 5) is 0. The summed E-state index contributed by atoms with van der Waals surface area (Å²) in [5.41, 5.74) is 5.49. The maximum absolute atomic E-state index is 5.49. The van der Waals surface area contributed by atoms with Crippen LogP contribution in [0.25, 0.3) is 0 Å². The molecule has 2 nitrogen and oxygen atoms in total. The standard InChI is InChI=1S/C10H24N2/c1-4-10(6-5-7-11)9(2)8-12-3/h9-10,12H,4-8,11H2,1-3H3. The maximum atomic E-state index is 5.49. The Kier molecular flexibility index (Phi) is 7.51. The molecule has 12 heavy (non-hydrogen) atoms. The number of hydrogen-bond acceptors (Lipinski definition) is 2. The van der Waals surface area contributed by atoms with E-state index in [0.29, 0.717) is 0 Å². The quantitative estimate of drug-likeness (QED) is 0.612. The lowest BCUT2D eigenvalue weighted by Gasteiger charge is -2.22. The highest BCUT2D eigenvalue weighted by molar-refractivity contribution is 4.66. The van der Waals surface area contributed by atoms with E-state index in [1.54, 1.807) is 0 Å². The predicted octanol–water partition coefficient (Wildman–Crippen LogP) is 1.61. The number of rotatable bonds is 7. The lowest BCUT2D eigenvalue weighted by molar-refractivity contribution is 0.314. The van der Waals surface area contributed by atoms with Crippen LogP contribution in [-0.4, -0.2) is 20.1 Å². The molecule has 0 saturated carbocycles. The summed E-state index contributed by atoms with van der Waals surface area (Å²) in [5.74, 6) is 1.63. The largest absolute Gasteiger partial charge is 0.330 e. The Balaban J connectivity index is 3.62. The minimum atomic E-state index is 0.784. The van der Waals surface area contributed by atoms with Crippen LogP contribution in [0, 0.1) is 11.8 Å². The van der Waals surface area contributed by atoms with Crippen LogP contribution in [0.15, 0.2) is 0 Å². The minimum Gasteiger partial charge on any atom is -0.330 e. The summed E-state index contributed by atoms with van der Waals surface area (Å²) in [7, 11) is 2.02. The topological polar surface area (TPSA) is 38.0 Å². The van der Waals surface area contributed by atoms with Crippen molar-refractivity contribution < 1.29 is 0 Å². The van der Waals surface area contributed by atoms with Crippen molar-refractivity contribution in [2.45, 2.75) is 33.1 Å². The molecule has 3 N–H and O–H groups in total. The van der Waals surface area contributed by atoms with Crippen molar-refractivity contribution in [1.82, 2.24) is 5.32 Å². The van der Waals surface area contributed by atoms with E-state index < -0.39 is 0 Å². The van der Waals surface area contributed by atoms with Crippen molar-refractivity contribution in [3.63, 3.8) is 0 Å². The third-order valence-electron chi connectivity index (χ3n) is 2.63. The first kappa shape index (κ1) is 11.9. The average Bonchev–Trinajstić information content (AvgIpc) is 2.06. The van der Waals surface area contributed by atoms with Gasteiger partial charge in [-0.15, -0.1) is 0 Å². The molecule has 0 spiro atoms. The number of hydrogen-bond donors (Lipinski definition) is 2. The fraction of sp³-hybridized carbons (Fsp3) is 1.00. The number of nitrogens with one attached hydrogen (secondary N) is 1. The van der Waals surface area contributed by atoms with Crippen LogP contribution in [0.2, 0.25) is 0 Å². The van der Waals surface area contributed by atoms with Gasteiger partial charge in [-0.2, -0.15) is 0 Å². The van der Waals surface area contributed by atoms with E-state index >= 15 is 0 Å². The second-order valence-corrected chi connectivity index (χ2v) is 3.63. The lowest BCUT2D eigenvalue weighted by Crippen LogP contribution is -2.23. The molecule has 2 unspecified atom stereocenters. The van der Waals surface area contributed by atoms with Gasteiger partial charge in [-0.3, -0.25) is 0 Å². The lowest BCUT2D eigenvalue weighted by atomic mass is 9.87. The van der Waals surface area contributed by atoms with E-state index in [9.17, 15) is 0 Å². The van der Waals surface area contributed by atoms with Gasteiger partial charge < -0.3 is 11.1 Å². The van der Waals surface area contributed by atoms with Crippen molar-refractivity contribution in [1.29, 1.82) is 0 Å². The van der Waals surface area contributed by atoms with E-state index in [0.717, 1.165) is 24.9 Å². The molecule has 74 valence electrons. The van der Waals surface area contributed by atoms with Gasteiger partial charge in [0.1, 0.15) is 0 Å². The van der Waals surface area contributed by atoms with Crippen molar-refractivity contribution in [3.8, 4) is 0 Å². The second-order valence-electron chi connectivity index (χ2n) is 3.63. The van der Waals surface area contributed by atoms with Gasteiger partial charge in [0, 0.05) is 0 Å². The van der Waals surface area contributed by atoms with Gasteiger partial charge in [-0.25, -0.2) is 0 Å². The van der Waals surface area contributed by atoms with Gasteiger partial charge in [-0.1, -0.05) is 20.3 Å². The molecule has 2 atom stereocenters. The fourth-order valence-corrected chi connectivity index (χ4v) is 1.76. The summed E-state index contributed by atoms with van der Waals surface area (Å²) >= 11 is 0. The highest BCUT2D eigenvalue weighted by atomic mass is 14.8. The van der Waals surface area contributed by atoms with Crippen molar-refractivity contribution >= 4 is 0 Å². The zero-order chi connectivity index (χ0) is 9.40. The Morgan fingerprint density at radius 3 is 2.50 bits per heavy atom. The van der Waals surface area contributed by atoms with Crippen molar-refractivity contribution in [3.05, 3.63) is 0 Å². The molecule has 0 aliphatic heterocycles. The molecule has 0 aliphatic rings. The van der Waals surface area contributed by atoms with Gasteiger partial charge in [0.05, 0.1) is 0 Å². The molecule has 0 aliphatic carbocycles. The first-order valence-corrected chi connectivity index (χ1v) is 5.10. The highest BCUT2D eigenvalue weighted by Crippen LogP contribution is 2.19. The summed E-state index contributed by atoms with van der Waals surface area (Å²) in [6, 6.07) is 0. The zero-order valence-corrected chi connectivity index (χ0v) is 8.77. The fourth-order valence-electron chi connectivity index (χ4n) is 1.76. The van der Waals surface area contributed by atoms with E-state index in [2.05, 4.69) is 19.2 Å². The van der Waals surface area contributed by atoms with Gasteiger partial charge in [-0.05, 0) is 44.8 Å². The van der Waals surface area contributed by atoms with Crippen LogP contribution in [0.4, 0.5) is 0 Å². The van der Waals surface area contributed by atoms with Gasteiger partial charge in [0.25, 0.3) is 0 Å². The Morgan fingerprint density at radius 2 is 2.08 bits per heavy atom. The van der Waals surface area contributed by atoms with Crippen molar-refractivity contribution in [2.75, 3.05) is 20.1 Å². The molecule has 0 aromatic heterocycles. The van der Waals surface area contributed by atoms with E-state index in [-0.39, 0.29) is 0 Å².